The van der Waals surface area contributed by atoms with Gasteiger partial charge in [-0.15, -0.1) is 0 Å². The number of nitro benzene ring substituents is 1. The zero-order valence-corrected chi connectivity index (χ0v) is 11.9. The van der Waals surface area contributed by atoms with Gasteiger partial charge in [0.1, 0.15) is 0 Å². The van der Waals surface area contributed by atoms with Gasteiger partial charge in [0, 0.05) is 19.2 Å². The van der Waals surface area contributed by atoms with Crippen LogP contribution in [0.1, 0.15) is 30.6 Å². The predicted octanol–water partition coefficient (Wildman–Crippen LogP) is 2.05. The number of carbonyl (C=O) groups is 2. The van der Waals surface area contributed by atoms with E-state index in [2.05, 4.69) is 5.32 Å². The highest BCUT2D eigenvalue weighted by Gasteiger charge is 2.23. The average Bonchev–Trinajstić information content (AvgIpc) is 2.37. The summed E-state index contributed by atoms with van der Waals surface area (Å²) in [4.78, 5) is 32.9. The minimum absolute atomic E-state index is 0.00463. The summed E-state index contributed by atoms with van der Waals surface area (Å²) in [5.74, 6) is -1.81. The number of nitrogens with zero attached hydrogens (tertiary/aromatic N) is 1. The van der Waals surface area contributed by atoms with Gasteiger partial charge in [-0.2, -0.15) is 0 Å². The molecule has 0 aliphatic heterocycles. The van der Waals surface area contributed by atoms with Crippen molar-refractivity contribution in [3.63, 3.8) is 0 Å². The lowest BCUT2D eigenvalue weighted by atomic mass is 10.0. The predicted molar refractivity (Wildman–Crippen MR) is 74.4 cm³/mol. The highest BCUT2D eigenvalue weighted by molar-refractivity contribution is 6.01. The van der Waals surface area contributed by atoms with Crippen LogP contribution in [0.15, 0.2) is 18.2 Å². The van der Waals surface area contributed by atoms with Crippen LogP contribution >= 0.6 is 0 Å². The number of methoxy groups -OCH3 is 1. The summed E-state index contributed by atoms with van der Waals surface area (Å²) in [7, 11) is 1.46. The topological polar surface area (TPSA) is 119 Å². The molecule has 0 unspecified atom stereocenters. The lowest BCUT2D eigenvalue weighted by Gasteiger charge is -2.22. The lowest BCUT2D eigenvalue weighted by molar-refractivity contribution is -0.384. The van der Waals surface area contributed by atoms with Gasteiger partial charge < -0.3 is 15.2 Å². The minimum Gasteiger partial charge on any atom is -0.478 e. The Morgan fingerprint density at radius 2 is 2.05 bits per heavy atom. The van der Waals surface area contributed by atoms with Crippen LogP contribution in [0.25, 0.3) is 0 Å². The van der Waals surface area contributed by atoms with Gasteiger partial charge in [0.15, 0.2) is 0 Å². The molecule has 0 aromatic heterocycles. The van der Waals surface area contributed by atoms with Crippen LogP contribution in [-0.2, 0) is 9.53 Å². The van der Waals surface area contributed by atoms with Crippen LogP contribution < -0.4 is 5.32 Å². The number of anilines is 1. The molecule has 1 aromatic rings. The van der Waals surface area contributed by atoms with Crippen molar-refractivity contribution < 1.29 is 24.4 Å². The molecule has 8 heteroatoms. The molecule has 0 saturated carbocycles. The third-order valence-corrected chi connectivity index (χ3v) is 2.86. The number of hydrogen-bond acceptors (Lipinski definition) is 5. The number of ether oxygens (including phenoxy) is 1. The fourth-order valence-electron chi connectivity index (χ4n) is 1.58. The summed E-state index contributed by atoms with van der Waals surface area (Å²) in [6.45, 7) is 3.42. The Kier molecular flexibility index (Phi) is 4.98. The smallest absolute Gasteiger partial charge is 0.338 e. The molecule has 0 bridgehead atoms. The van der Waals surface area contributed by atoms with E-state index in [1.807, 2.05) is 0 Å². The number of nitro groups is 1. The van der Waals surface area contributed by atoms with Gasteiger partial charge in [-0.3, -0.25) is 14.9 Å². The molecule has 0 aliphatic carbocycles. The summed E-state index contributed by atoms with van der Waals surface area (Å²) >= 11 is 0. The van der Waals surface area contributed by atoms with Crippen LogP contribution in [0.2, 0.25) is 0 Å². The number of hydrogen-bond donors (Lipinski definition) is 2. The molecular formula is C13H16N2O6. The van der Waals surface area contributed by atoms with E-state index in [4.69, 9.17) is 9.84 Å². The van der Waals surface area contributed by atoms with E-state index >= 15 is 0 Å². The highest BCUT2D eigenvalue weighted by atomic mass is 16.6. The molecule has 0 fully saturated rings. The largest absolute Gasteiger partial charge is 0.478 e. The van der Waals surface area contributed by atoms with Crippen molar-refractivity contribution in [3.05, 3.63) is 33.9 Å². The molecule has 0 radical (unpaired) electrons. The molecule has 2 N–H and O–H groups in total. The van der Waals surface area contributed by atoms with Gasteiger partial charge in [-0.05, 0) is 19.9 Å². The van der Waals surface area contributed by atoms with Crippen LogP contribution in [0.4, 0.5) is 11.4 Å². The maximum atomic E-state index is 11.9. The minimum atomic E-state index is -1.36. The quantitative estimate of drug-likeness (QED) is 0.612. The molecule has 8 nitrogen and oxygen atoms in total. The fraction of sp³-hybridized carbons (Fsp3) is 0.385. The second kappa shape index (κ2) is 6.31. The van der Waals surface area contributed by atoms with E-state index in [0.29, 0.717) is 0 Å². The second-order valence-corrected chi connectivity index (χ2v) is 4.98. The maximum Gasteiger partial charge on any atom is 0.338 e. The highest BCUT2D eigenvalue weighted by Crippen LogP contribution is 2.23. The molecule has 0 spiro atoms. The van der Waals surface area contributed by atoms with E-state index in [-0.39, 0.29) is 23.4 Å². The van der Waals surface area contributed by atoms with E-state index in [1.165, 1.54) is 13.2 Å². The average molecular weight is 296 g/mol. The lowest BCUT2D eigenvalue weighted by Crippen LogP contribution is -2.29. The van der Waals surface area contributed by atoms with Crippen LogP contribution in [0.5, 0.6) is 0 Å². The number of amides is 1. The fourth-order valence-corrected chi connectivity index (χ4v) is 1.58. The van der Waals surface area contributed by atoms with Gasteiger partial charge in [-0.25, -0.2) is 4.79 Å². The summed E-state index contributed by atoms with van der Waals surface area (Å²) in [5.41, 5.74) is -1.39. The van der Waals surface area contributed by atoms with Gasteiger partial charge in [-0.1, -0.05) is 0 Å². The number of aromatic carboxylic acids is 1. The standard InChI is InChI=1S/C13H16N2O6/c1-13(2,21-3)7-11(16)14-10-5-4-8(15(19)20)6-9(10)12(17)18/h4-6H,7H2,1-3H3,(H,14,16)(H,17,18). The summed E-state index contributed by atoms with van der Waals surface area (Å²) in [6.07, 6.45) is 0.0134. The van der Waals surface area contributed by atoms with Gasteiger partial charge in [0.2, 0.25) is 5.91 Å². The molecule has 0 aliphatic rings. The van der Waals surface area contributed by atoms with Crippen molar-refractivity contribution in [2.75, 3.05) is 12.4 Å². The number of carbonyl (C=O) groups excluding carboxylic acids is 1. The summed E-state index contributed by atoms with van der Waals surface area (Å²) in [5, 5.41) is 22.1. The van der Waals surface area contributed by atoms with Crippen LogP contribution in [-0.4, -0.2) is 34.6 Å². The van der Waals surface area contributed by atoms with Crippen molar-refractivity contribution in [1.82, 2.24) is 0 Å². The number of carboxylic acids is 1. The molecule has 0 saturated heterocycles. The Bertz CT molecular complexity index is 582. The zero-order chi connectivity index (χ0) is 16.2. The van der Waals surface area contributed by atoms with Crippen molar-refractivity contribution in [2.45, 2.75) is 25.9 Å². The molecular weight excluding hydrogens is 280 g/mol. The zero-order valence-electron chi connectivity index (χ0n) is 11.9. The summed E-state index contributed by atoms with van der Waals surface area (Å²) < 4.78 is 5.11. The first-order chi connectivity index (χ1) is 9.66. The number of carboxylic acid groups (broad SMARTS) is 1. The van der Waals surface area contributed by atoms with Gasteiger partial charge in [0.25, 0.3) is 5.69 Å². The molecule has 21 heavy (non-hydrogen) atoms. The first-order valence-corrected chi connectivity index (χ1v) is 6.03. The number of benzene rings is 1. The number of nitrogens with one attached hydrogen (secondary N) is 1. The van der Waals surface area contributed by atoms with Gasteiger partial charge >= 0.3 is 5.97 Å². The number of non-ortho nitro benzene ring substituents is 1. The molecule has 114 valence electrons. The molecule has 0 atom stereocenters. The first kappa shape index (κ1) is 16.6. The van der Waals surface area contributed by atoms with E-state index in [9.17, 15) is 19.7 Å². The van der Waals surface area contributed by atoms with Crippen molar-refractivity contribution in [1.29, 1.82) is 0 Å². The summed E-state index contributed by atoms with van der Waals surface area (Å²) in [6, 6.07) is 3.22. The Hall–Kier alpha value is -2.48. The second-order valence-electron chi connectivity index (χ2n) is 4.98. The van der Waals surface area contributed by atoms with Gasteiger partial charge in [0.05, 0.1) is 28.2 Å². The van der Waals surface area contributed by atoms with E-state index in [1.54, 1.807) is 13.8 Å². The molecule has 1 amide bonds. The monoisotopic (exact) mass is 296 g/mol. The number of rotatable bonds is 6. The van der Waals surface area contributed by atoms with Crippen molar-refractivity contribution in [3.8, 4) is 0 Å². The van der Waals surface area contributed by atoms with Crippen molar-refractivity contribution in [2.24, 2.45) is 0 Å². The first-order valence-electron chi connectivity index (χ1n) is 6.03. The Morgan fingerprint density at radius 3 is 2.52 bits per heavy atom. The van der Waals surface area contributed by atoms with Crippen LogP contribution in [0, 0.1) is 10.1 Å². The van der Waals surface area contributed by atoms with E-state index in [0.717, 1.165) is 12.1 Å². The molecule has 0 heterocycles. The third-order valence-electron chi connectivity index (χ3n) is 2.86. The van der Waals surface area contributed by atoms with E-state index < -0.39 is 22.4 Å². The SMILES string of the molecule is COC(C)(C)CC(=O)Nc1ccc([N+](=O)[O-])cc1C(=O)O. The van der Waals surface area contributed by atoms with Crippen LogP contribution in [0.3, 0.4) is 0 Å². The Morgan fingerprint density at radius 1 is 1.43 bits per heavy atom. The normalized spacial score (nSPS) is 11.0. The molecule has 1 rings (SSSR count). The third kappa shape index (κ3) is 4.53. The molecule has 1 aromatic carbocycles. The Balaban J connectivity index is 3.00. The Labute approximate surface area is 120 Å². The van der Waals surface area contributed by atoms with Crippen molar-refractivity contribution >= 4 is 23.3 Å². The maximum absolute atomic E-state index is 11.9.